The second kappa shape index (κ2) is 19.8. The normalized spacial score (nSPS) is 12.7. The summed E-state index contributed by atoms with van der Waals surface area (Å²) in [5.41, 5.74) is -0.967. The molecular weight excluding hydrogens is 600 g/mol. The van der Waals surface area contributed by atoms with Crippen molar-refractivity contribution in [2.24, 2.45) is 10.7 Å². The Morgan fingerprint density at radius 2 is 1.44 bits per heavy atom. The maximum atomic E-state index is 12.7. The number of aliphatic hydroxyl groups is 2. The maximum Gasteiger partial charge on any atom is 0.352 e. The number of urea groups is 2. The van der Waals surface area contributed by atoms with Gasteiger partial charge in [-0.3, -0.25) is 9.59 Å². The Balaban J connectivity index is 4.77. The first-order chi connectivity index (χ1) is 20.8. The number of nitrogens with zero attached hydrogens (tertiary/aromatic N) is 3. The van der Waals surface area contributed by atoms with Crippen LogP contribution in [-0.2, 0) is 38.1 Å². The highest BCUT2D eigenvalue weighted by molar-refractivity contribution is 5.95. The number of amides is 4. The van der Waals surface area contributed by atoms with Gasteiger partial charge in [-0.05, 0) is 32.6 Å². The van der Waals surface area contributed by atoms with Gasteiger partial charge in [-0.1, -0.05) is 33.3 Å². The number of ether oxygens (including phenoxy) is 4. The van der Waals surface area contributed by atoms with Gasteiger partial charge in [-0.15, -0.1) is 11.5 Å². The zero-order valence-electron chi connectivity index (χ0n) is 26.5. The van der Waals surface area contributed by atoms with Crippen LogP contribution in [0.3, 0.4) is 0 Å². The Hall–Kier alpha value is -4.38. The van der Waals surface area contributed by atoms with E-state index in [9.17, 15) is 43.9 Å². The van der Waals surface area contributed by atoms with Crippen LogP contribution in [0.1, 0.15) is 54.4 Å². The zero-order valence-corrected chi connectivity index (χ0v) is 26.5. The van der Waals surface area contributed by atoms with E-state index in [-0.39, 0.29) is 17.0 Å². The molecule has 45 heavy (non-hydrogen) atoms. The smallest absolute Gasteiger partial charge is 0.352 e. The van der Waals surface area contributed by atoms with Crippen LogP contribution in [0.25, 0.3) is 0 Å². The van der Waals surface area contributed by atoms with Crippen LogP contribution in [0, 0.1) is 10.3 Å². The van der Waals surface area contributed by atoms with Crippen molar-refractivity contribution in [3.05, 3.63) is 29.7 Å². The molecule has 0 saturated heterocycles. The third-order valence-corrected chi connectivity index (χ3v) is 5.57. The second-order valence-electron chi connectivity index (χ2n) is 11.4. The van der Waals surface area contributed by atoms with Crippen molar-refractivity contribution in [2.45, 2.75) is 72.2 Å². The lowest BCUT2D eigenvalue weighted by atomic mass is 9.84. The second-order valence-corrected chi connectivity index (χ2v) is 11.4. The molecule has 0 heterocycles. The summed E-state index contributed by atoms with van der Waals surface area (Å²) in [5.74, 6) is -3.86. The fourth-order valence-corrected chi connectivity index (χ4v) is 3.08. The summed E-state index contributed by atoms with van der Waals surface area (Å²) in [6, 6.07) is -2.51. The summed E-state index contributed by atoms with van der Waals surface area (Å²) < 4.78 is 19.4. The molecule has 2 unspecified atom stereocenters. The van der Waals surface area contributed by atoms with E-state index in [2.05, 4.69) is 17.2 Å². The number of nitrogens with one attached hydrogen (secondary N) is 1. The van der Waals surface area contributed by atoms with Gasteiger partial charge in [0.1, 0.15) is 44.6 Å². The van der Waals surface area contributed by atoms with Crippen LogP contribution >= 0.6 is 0 Å². The molecule has 0 aliphatic heterocycles. The van der Waals surface area contributed by atoms with Crippen molar-refractivity contribution in [1.82, 2.24) is 15.2 Å². The first-order valence-corrected chi connectivity index (χ1v) is 13.9. The Labute approximate surface area is 261 Å². The first-order valence-electron chi connectivity index (χ1n) is 13.9. The predicted octanol–water partition coefficient (Wildman–Crippen LogP) is 1.36. The highest BCUT2D eigenvalue weighted by Gasteiger charge is 2.30. The summed E-state index contributed by atoms with van der Waals surface area (Å²) in [5, 5.41) is 24.6. The summed E-state index contributed by atoms with van der Waals surface area (Å²) in [4.78, 5) is 84.3. The topological polar surface area (TPSA) is 228 Å². The molecule has 0 aromatic carbocycles. The van der Waals surface area contributed by atoms with E-state index in [1.165, 1.54) is 0 Å². The van der Waals surface area contributed by atoms with Gasteiger partial charge >= 0.3 is 35.9 Å². The number of nitroso groups, excluding NO2 is 1. The van der Waals surface area contributed by atoms with Crippen molar-refractivity contribution in [3.8, 4) is 0 Å². The maximum absolute atomic E-state index is 12.7. The average molecular weight is 645 g/mol. The van der Waals surface area contributed by atoms with Gasteiger partial charge in [-0.25, -0.2) is 24.1 Å². The highest BCUT2D eigenvalue weighted by atomic mass is 16.6. The van der Waals surface area contributed by atoms with E-state index in [0.29, 0.717) is 11.3 Å². The van der Waals surface area contributed by atoms with Crippen molar-refractivity contribution in [3.63, 3.8) is 0 Å². The number of carbonyl (C=O) groups excluding carboxylic acids is 6. The molecule has 0 aliphatic rings. The largest absolute Gasteiger partial charge is 0.462 e. The quantitative estimate of drug-likeness (QED) is 0.0479. The number of aliphatic hydroxyl groups excluding tert-OH is 2. The van der Waals surface area contributed by atoms with Crippen LogP contribution in [0.2, 0.25) is 0 Å². The predicted molar refractivity (Wildman–Crippen MR) is 157 cm³/mol. The van der Waals surface area contributed by atoms with Crippen molar-refractivity contribution in [2.75, 3.05) is 39.5 Å². The Bertz CT molecular complexity index is 1080. The fraction of sp³-hybridized carbons (Fsp3) is 0.643. The molecule has 17 heteroatoms. The minimum absolute atomic E-state index is 0.118. The molecule has 0 bridgehead atoms. The molecule has 0 radical (unpaired) electrons. The third-order valence-electron chi connectivity index (χ3n) is 5.57. The molecule has 0 fully saturated rings. The molecule has 0 aliphatic carbocycles. The van der Waals surface area contributed by atoms with Crippen LogP contribution in [0.15, 0.2) is 30.1 Å². The van der Waals surface area contributed by atoms with E-state index in [1.54, 1.807) is 20.8 Å². The van der Waals surface area contributed by atoms with Crippen molar-refractivity contribution >= 4 is 35.9 Å². The molecule has 0 saturated carbocycles. The molecule has 0 aromatic heterocycles. The molecule has 2 atom stereocenters. The van der Waals surface area contributed by atoms with Crippen LogP contribution in [0.5, 0.6) is 0 Å². The lowest BCUT2D eigenvalue weighted by Gasteiger charge is -2.26. The monoisotopic (exact) mass is 644 g/mol. The first kappa shape index (κ1) is 40.6. The van der Waals surface area contributed by atoms with Gasteiger partial charge in [0.2, 0.25) is 0 Å². The van der Waals surface area contributed by atoms with E-state index >= 15 is 0 Å². The van der Waals surface area contributed by atoms with Crippen molar-refractivity contribution in [1.29, 1.82) is 0 Å². The molecule has 0 spiro atoms. The molecule has 4 amide bonds. The fourth-order valence-electron chi connectivity index (χ4n) is 3.08. The van der Waals surface area contributed by atoms with Crippen LogP contribution < -0.4 is 5.32 Å². The lowest BCUT2D eigenvalue weighted by Crippen LogP contribution is -2.50. The molecule has 0 aromatic rings. The molecule has 0 rings (SSSR count). The highest BCUT2D eigenvalue weighted by Crippen LogP contribution is 2.26. The number of carbonyl (C=O) groups is 6. The summed E-state index contributed by atoms with van der Waals surface area (Å²) >= 11 is 0. The standard InChI is InChI=1S/C28H44N4O13/c1-8-12-31(26(40)32(30-41)15-24(38)44-16-19(33)13-28(6,7)9-2)25(39)29-14-23(37)43-18-20(34)17-42-21(35)10-11-22(36)45-27(3,4)5/h8,10-11,19-20,33-34H,1,9,12-18H2,2-7H3,(H,29,39)/b11-10+. The molecular formula is C28H44N4O13. The number of hydrogen-bond acceptors (Lipinski definition) is 14. The summed E-state index contributed by atoms with van der Waals surface area (Å²) in [6.45, 7) is 10.3. The van der Waals surface area contributed by atoms with Crippen LogP contribution in [-0.4, -0.2) is 113 Å². The third kappa shape index (κ3) is 18.8. The number of esters is 4. The Morgan fingerprint density at radius 1 is 0.889 bits per heavy atom. The summed E-state index contributed by atoms with van der Waals surface area (Å²) in [7, 11) is 0. The van der Waals surface area contributed by atoms with E-state index in [1.807, 2.05) is 20.8 Å². The molecule has 17 nitrogen and oxygen atoms in total. The number of imide groups is 1. The van der Waals surface area contributed by atoms with Gasteiger partial charge in [0.15, 0.2) is 0 Å². The Kier molecular flexibility index (Phi) is 17.9. The van der Waals surface area contributed by atoms with E-state index < -0.39 is 86.6 Å². The molecule has 254 valence electrons. The van der Waals surface area contributed by atoms with Crippen molar-refractivity contribution < 1.29 is 57.9 Å². The van der Waals surface area contributed by atoms with Gasteiger partial charge in [-0.2, -0.15) is 5.01 Å². The van der Waals surface area contributed by atoms with Gasteiger partial charge < -0.3 is 34.5 Å². The van der Waals surface area contributed by atoms with Gasteiger partial charge in [0, 0.05) is 12.2 Å². The zero-order chi connectivity index (χ0) is 34.8. The Morgan fingerprint density at radius 3 is 2.00 bits per heavy atom. The van der Waals surface area contributed by atoms with E-state index in [0.717, 1.165) is 24.6 Å². The SMILES string of the molecule is C=CCN(C(=O)NCC(=O)OCC(O)COC(=O)/C=C/C(=O)OC(C)(C)C)C(=O)N(CC(=O)OCC(O)CC(C)(C)CC)N=O. The molecule has 3 N–H and O–H groups in total. The van der Waals surface area contributed by atoms with Crippen LogP contribution in [0.4, 0.5) is 9.59 Å². The van der Waals surface area contributed by atoms with Gasteiger partial charge in [0.05, 0.1) is 17.9 Å². The number of hydrogen-bond donors (Lipinski definition) is 3. The minimum atomic E-state index is -1.45. The van der Waals surface area contributed by atoms with Gasteiger partial charge in [0.25, 0.3) is 0 Å². The lowest BCUT2D eigenvalue weighted by molar-refractivity contribution is -0.151. The minimum Gasteiger partial charge on any atom is -0.462 e. The number of rotatable bonds is 18. The summed E-state index contributed by atoms with van der Waals surface area (Å²) in [6.07, 6.45) is 1.44. The van der Waals surface area contributed by atoms with E-state index in [4.69, 9.17) is 18.9 Å². The average Bonchev–Trinajstić information content (AvgIpc) is 2.95.